The highest BCUT2D eigenvalue weighted by Crippen LogP contribution is 2.32. The number of amides is 1. The molecule has 29 heavy (non-hydrogen) atoms. The van der Waals surface area contributed by atoms with E-state index in [9.17, 15) is 4.79 Å². The van der Waals surface area contributed by atoms with Gasteiger partial charge in [0.1, 0.15) is 5.75 Å². The van der Waals surface area contributed by atoms with Crippen molar-refractivity contribution >= 4 is 40.9 Å². The van der Waals surface area contributed by atoms with E-state index in [2.05, 4.69) is 15.5 Å². The molecule has 1 heterocycles. The third-order valence-electron chi connectivity index (χ3n) is 4.18. The minimum Gasteiger partial charge on any atom is -0.496 e. The number of para-hydroxylation sites is 1. The Hall–Kier alpha value is -2.22. The number of hydrogen-bond donors (Lipinski definition) is 1. The van der Waals surface area contributed by atoms with Crippen LogP contribution in [0.5, 0.6) is 5.75 Å². The minimum atomic E-state index is -0.450. The van der Waals surface area contributed by atoms with Crippen LogP contribution in [-0.4, -0.2) is 28.5 Å². The van der Waals surface area contributed by atoms with E-state index in [0.29, 0.717) is 32.5 Å². The molecule has 6 nitrogen and oxygen atoms in total. The lowest BCUT2D eigenvalue weighted by Crippen LogP contribution is -2.33. The number of benzene rings is 2. The molecule has 0 aliphatic heterocycles. The number of methoxy groups -OCH3 is 1. The van der Waals surface area contributed by atoms with Gasteiger partial charge in [-0.3, -0.25) is 4.79 Å². The summed E-state index contributed by atoms with van der Waals surface area (Å²) in [7, 11) is 1.57. The molecule has 3 rings (SSSR count). The van der Waals surface area contributed by atoms with Crippen molar-refractivity contribution < 1.29 is 13.9 Å². The molecule has 1 amide bonds. The summed E-state index contributed by atoms with van der Waals surface area (Å²) < 4.78 is 11.0. The van der Waals surface area contributed by atoms with Crippen LogP contribution >= 0.6 is 35.0 Å². The second kappa shape index (κ2) is 9.52. The molecule has 9 heteroatoms. The lowest BCUT2D eigenvalue weighted by Gasteiger charge is -2.18. The van der Waals surface area contributed by atoms with Crippen LogP contribution in [0.2, 0.25) is 10.0 Å². The summed E-state index contributed by atoms with van der Waals surface area (Å²) in [6, 6.07) is 12.3. The summed E-state index contributed by atoms with van der Waals surface area (Å²) in [6.45, 7) is 3.63. The van der Waals surface area contributed by atoms with Gasteiger partial charge in [0, 0.05) is 10.0 Å². The number of aromatic nitrogens is 2. The van der Waals surface area contributed by atoms with Crippen molar-refractivity contribution in [3.63, 3.8) is 0 Å². The normalized spacial score (nSPS) is 13.0. The molecule has 3 aromatic rings. The summed E-state index contributed by atoms with van der Waals surface area (Å²) in [6.07, 6.45) is 0. The fourth-order valence-corrected chi connectivity index (χ4v) is 3.92. The Morgan fingerprint density at radius 2 is 1.93 bits per heavy atom. The number of rotatable bonds is 7. The topological polar surface area (TPSA) is 77.2 Å². The first-order chi connectivity index (χ1) is 13.9. The molecule has 0 fully saturated rings. The minimum absolute atomic E-state index is 0.175. The molecular formula is C20H19Cl2N3O3S. The average molecular weight is 452 g/mol. The van der Waals surface area contributed by atoms with Crippen molar-refractivity contribution in [1.82, 2.24) is 15.5 Å². The second-order valence-electron chi connectivity index (χ2n) is 6.23. The Bertz CT molecular complexity index is 1010. The third kappa shape index (κ3) is 5.23. The number of halogens is 2. The number of carbonyl (C=O) groups is 1. The van der Waals surface area contributed by atoms with Crippen molar-refractivity contribution in [3.05, 3.63) is 58.1 Å². The zero-order valence-corrected chi connectivity index (χ0v) is 18.3. The first kappa shape index (κ1) is 21.5. The average Bonchev–Trinajstić information content (AvgIpc) is 3.15. The number of nitrogens with one attached hydrogen (secondary N) is 1. The van der Waals surface area contributed by atoms with E-state index in [1.807, 2.05) is 31.2 Å². The summed E-state index contributed by atoms with van der Waals surface area (Å²) in [5.41, 5.74) is 1.48. The zero-order valence-electron chi connectivity index (χ0n) is 16.0. The molecule has 1 aromatic heterocycles. The number of carbonyl (C=O) groups excluding carboxylic acids is 1. The van der Waals surface area contributed by atoms with E-state index in [-0.39, 0.29) is 11.9 Å². The monoisotopic (exact) mass is 451 g/mol. The van der Waals surface area contributed by atoms with Gasteiger partial charge in [0.15, 0.2) is 0 Å². The Morgan fingerprint density at radius 1 is 1.17 bits per heavy atom. The highest BCUT2D eigenvalue weighted by molar-refractivity contribution is 8.00. The van der Waals surface area contributed by atoms with Gasteiger partial charge in [0.2, 0.25) is 5.91 Å². The van der Waals surface area contributed by atoms with Gasteiger partial charge in [0.25, 0.3) is 11.1 Å². The fourth-order valence-electron chi connectivity index (χ4n) is 2.65. The Balaban J connectivity index is 1.65. The number of ether oxygens (including phenoxy) is 1. The molecule has 0 aliphatic carbocycles. The van der Waals surface area contributed by atoms with Crippen molar-refractivity contribution in [2.75, 3.05) is 7.11 Å². The first-order valence-corrected chi connectivity index (χ1v) is 10.4. The van der Waals surface area contributed by atoms with Crippen LogP contribution in [0.15, 0.2) is 52.1 Å². The summed E-state index contributed by atoms with van der Waals surface area (Å²) in [5, 5.41) is 11.9. The highest BCUT2D eigenvalue weighted by atomic mass is 35.5. The molecule has 0 saturated carbocycles. The lowest BCUT2D eigenvalue weighted by atomic mass is 10.1. The molecule has 0 spiro atoms. The van der Waals surface area contributed by atoms with Crippen molar-refractivity contribution in [1.29, 1.82) is 0 Å². The standard InChI is InChI=1S/C20H19Cl2N3O3S/c1-11(14-9-8-13(21)10-16(14)22)23-18(26)12(2)29-20-25-24-19(28-20)15-6-4-5-7-17(15)27-3/h4-12H,1-3H3,(H,23,26)/t11-,12+/m0/s1. The molecule has 0 saturated heterocycles. The molecule has 2 aromatic carbocycles. The molecule has 2 atom stereocenters. The molecule has 1 N–H and O–H groups in total. The van der Waals surface area contributed by atoms with Crippen molar-refractivity contribution in [2.24, 2.45) is 0 Å². The van der Waals surface area contributed by atoms with Gasteiger partial charge in [-0.05, 0) is 43.7 Å². The van der Waals surface area contributed by atoms with Gasteiger partial charge in [-0.25, -0.2) is 0 Å². The lowest BCUT2D eigenvalue weighted by molar-refractivity contribution is -0.120. The molecule has 0 radical (unpaired) electrons. The first-order valence-electron chi connectivity index (χ1n) is 8.78. The van der Waals surface area contributed by atoms with E-state index in [1.54, 1.807) is 32.2 Å². The maximum Gasteiger partial charge on any atom is 0.277 e. The van der Waals surface area contributed by atoms with Gasteiger partial charge in [0.05, 0.1) is 24.0 Å². The van der Waals surface area contributed by atoms with Crippen LogP contribution in [0.1, 0.15) is 25.5 Å². The Morgan fingerprint density at radius 3 is 2.66 bits per heavy atom. The van der Waals surface area contributed by atoms with Crippen LogP contribution < -0.4 is 10.1 Å². The number of hydrogen-bond acceptors (Lipinski definition) is 6. The third-order valence-corrected chi connectivity index (χ3v) is 5.68. The van der Waals surface area contributed by atoms with E-state index in [4.69, 9.17) is 32.4 Å². The summed E-state index contributed by atoms with van der Waals surface area (Å²) >= 11 is 13.3. The quantitative estimate of drug-likeness (QED) is 0.483. The van der Waals surface area contributed by atoms with Gasteiger partial charge >= 0.3 is 0 Å². The van der Waals surface area contributed by atoms with E-state index >= 15 is 0 Å². The van der Waals surface area contributed by atoms with Gasteiger partial charge < -0.3 is 14.5 Å². The molecule has 0 unspecified atom stereocenters. The predicted molar refractivity (Wildman–Crippen MR) is 115 cm³/mol. The Kier molecular flexibility index (Phi) is 7.05. The molecule has 152 valence electrons. The van der Waals surface area contributed by atoms with Gasteiger partial charge in [-0.15, -0.1) is 10.2 Å². The molecule has 0 bridgehead atoms. The second-order valence-corrected chi connectivity index (χ2v) is 8.37. The highest BCUT2D eigenvalue weighted by Gasteiger charge is 2.22. The Labute approximate surface area is 182 Å². The maximum atomic E-state index is 12.6. The molecular weight excluding hydrogens is 433 g/mol. The van der Waals surface area contributed by atoms with Crippen LogP contribution in [0, 0.1) is 0 Å². The zero-order chi connectivity index (χ0) is 21.0. The van der Waals surface area contributed by atoms with Crippen LogP contribution in [0.25, 0.3) is 11.5 Å². The number of nitrogens with zero attached hydrogens (tertiary/aromatic N) is 2. The maximum absolute atomic E-state index is 12.6. The summed E-state index contributed by atoms with van der Waals surface area (Å²) in [5.74, 6) is 0.789. The van der Waals surface area contributed by atoms with Crippen molar-refractivity contribution in [2.45, 2.75) is 30.4 Å². The number of thioether (sulfide) groups is 1. The molecule has 0 aliphatic rings. The van der Waals surface area contributed by atoms with Crippen LogP contribution in [0.3, 0.4) is 0 Å². The van der Waals surface area contributed by atoms with Crippen LogP contribution in [0.4, 0.5) is 0 Å². The van der Waals surface area contributed by atoms with Gasteiger partial charge in [-0.2, -0.15) is 0 Å². The largest absolute Gasteiger partial charge is 0.496 e. The van der Waals surface area contributed by atoms with Gasteiger partial charge in [-0.1, -0.05) is 53.2 Å². The SMILES string of the molecule is COc1ccccc1-c1nnc(S[C@H](C)C(=O)N[C@@H](C)c2ccc(Cl)cc2Cl)o1. The van der Waals surface area contributed by atoms with E-state index in [0.717, 1.165) is 5.56 Å². The van der Waals surface area contributed by atoms with Crippen molar-refractivity contribution in [3.8, 4) is 17.2 Å². The van der Waals surface area contributed by atoms with Crippen LogP contribution in [-0.2, 0) is 4.79 Å². The summed E-state index contributed by atoms with van der Waals surface area (Å²) in [4.78, 5) is 12.6. The smallest absolute Gasteiger partial charge is 0.277 e. The van der Waals surface area contributed by atoms with E-state index in [1.165, 1.54) is 11.8 Å². The predicted octanol–water partition coefficient (Wildman–Crippen LogP) is 5.41. The fraction of sp³-hybridized carbons (Fsp3) is 0.250. The van der Waals surface area contributed by atoms with E-state index < -0.39 is 5.25 Å².